The summed E-state index contributed by atoms with van der Waals surface area (Å²) in [6.45, 7) is 5.37. The summed E-state index contributed by atoms with van der Waals surface area (Å²) >= 11 is 11.7. The molecule has 1 aromatic carbocycles. The molecule has 1 aromatic rings. The van der Waals surface area contributed by atoms with Gasteiger partial charge in [0.05, 0.1) is 15.6 Å². The van der Waals surface area contributed by atoms with Crippen LogP contribution in [0.3, 0.4) is 0 Å². The predicted molar refractivity (Wildman–Crippen MR) is 83.6 cm³/mol. The Labute approximate surface area is 134 Å². The van der Waals surface area contributed by atoms with E-state index in [-0.39, 0.29) is 21.5 Å². The van der Waals surface area contributed by atoms with Gasteiger partial charge in [0.25, 0.3) is 5.91 Å². The van der Waals surface area contributed by atoms with Gasteiger partial charge < -0.3 is 10.2 Å². The molecule has 1 N–H and O–H groups in total. The molecule has 1 amide bonds. The molecule has 116 valence electrons. The zero-order valence-electron chi connectivity index (χ0n) is 12.0. The minimum atomic E-state index is -0.619. The van der Waals surface area contributed by atoms with Gasteiger partial charge in [-0.05, 0) is 44.0 Å². The smallest absolute Gasteiger partial charge is 0.255 e. The molecule has 0 spiro atoms. The Hall–Kier alpha value is -0.840. The molecule has 0 unspecified atom stereocenters. The molecule has 0 saturated carbocycles. The van der Waals surface area contributed by atoms with Crippen molar-refractivity contribution in [1.82, 2.24) is 10.2 Å². The van der Waals surface area contributed by atoms with Crippen molar-refractivity contribution in [2.24, 2.45) is 5.92 Å². The lowest BCUT2D eigenvalue weighted by atomic mass is 9.96. The van der Waals surface area contributed by atoms with Crippen LogP contribution < -0.4 is 5.32 Å². The highest BCUT2D eigenvalue weighted by atomic mass is 35.5. The van der Waals surface area contributed by atoms with E-state index in [1.165, 1.54) is 6.07 Å². The van der Waals surface area contributed by atoms with E-state index in [0.717, 1.165) is 32.0 Å². The lowest BCUT2D eigenvalue weighted by molar-refractivity contribution is 0.0690. The van der Waals surface area contributed by atoms with Gasteiger partial charge in [0.1, 0.15) is 5.82 Å². The van der Waals surface area contributed by atoms with Crippen LogP contribution in [0.2, 0.25) is 10.0 Å². The van der Waals surface area contributed by atoms with Crippen molar-refractivity contribution in [3.63, 3.8) is 0 Å². The van der Waals surface area contributed by atoms with E-state index in [4.69, 9.17) is 23.2 Å². The quantitative estimate of drug-likeness (QED) is 0.854. The third-order valence-electron chi connectivity index (χ3n) is 3.83. The van der Waals surface area contributed by atoms with Gasteiger partial charge in [0, 0.05) is 13.1 Å². The van der Waals surface area contributed by atoms with Gasteiger partial charge in [0.2, 0.25) is 0 Å². The van der Waals surface area contributed by atoms with E-state index < -0.39 is 5.82 Å². The molecule has 1 saturated heterocycles. The molecular weight excluding hydrogens is 314 g/mol. The van der Waals surface area contributed by atoms with Crippen LogP contribution in [-0.4, -0.2) is 37.0 Å². The molecule has 1 aliphatic rings. The minimum absolute atomic E-state index is 0.0686. The van der Waals surface area contributed by atoms with E-state index in [1.807, 2.05) is 0 Å². The largest absolute Gasteiger partial charge is 0.339 e. The summed E-state index contributed by atoms with van der Waals surface area (Å²) in [6, 6.07) is 2.40. The fourth-order valence-corrected chi connectivity index (χ4v) is 3.01. The summed E-state index contributed by atoms with van der Waals surface area (Å²) in [5.74, 6) is -0.254. The van der Waals surface area contributed by atoms with Crippen molar-refractivity contribution in [2.75, 3.05) is 26.2 Å². The molecule has 1 fully saturated rings. The normalized spacial score (nSPS) is 16.3. The van der Waals surface area contributed by atoms with Gasteiger partial charge >= 0.3 is 0 Å². The number of carbonyl (C=O) groups excluding carboxylic acids is 1. The lowest BCUT2D eigenvalue weighted by Crippen LogP contribution is -2.40. The lowest BCUT2D eigenvalue weighted by Gasteiger charge is -2.32. The first-order valence-corrected chi connectivity index (χ1v) is 7.93. The van der Waals surface area contributed by atoms with Crippen LogP contribution in [0.5, 0.6) is 0 Å². The highest BCUT2D eigenvalue weighted by Crippen LogP contribution is 2.27. The second-order valence-corrected chi connectivity index (χ2v) is 6.10. The molecule has 21 heavy (non-hydrogen) atoms. The molecule has 6 heteroatoms. The monoisotopic (exact) mass is 332 g/mol. The second kappa shape index (κ2) is 7.43. The second-order valence-electron chi connectivity index (χ2n) is 5.29. The number of nitrogens with one attached hydrogen (secondary N) is 1. The average molecular weight is 333 g/mol. The number of nitrogens with zero attached hydrogens (tertiary/aromatic N) is 1. The Morgan fingerprint density at radius 2 is 2.00 bits per heavy atom. The maximum absolute atomic E-state index is 13.5. The topological polar surface area (TPSA) is 32.3 Å². The van der Waals surface area contributed by atoms with Gasteiger partial charge in [-0.15, -0.1) is 0 Å². The molecule has 0 bridgehead atoms. The first kappa shape index (κ1) is 16.5. The van der Waals surface area contributed by atoms with Gasteiger partial charge in [-0.1, -0.05) is 30.1 Å². The maximum atomic E-state index is 13.5. The third kappa shape index (κ3) is 4.09. The molecule has 0 atom stereocenters. The van der Waals surface area contributed by atoms with Crippen molar-refractivity contribution >= 4 is 29.1 Å². The molecule has 0 aromatic heterocycles. The zero-order chi connectivity index (χ0) is 15.4. The summed E-state index contributed by atoms with van der Waals surface area (Å²) in [4.78, 5) is 14.2. The van der Waals surface area contributed by atoms with Gasteiger partial charge in [0.15, 0.2) is 0 Å². The summed E-state index contributed by atoms with van der Waals surface area (Å²) in [5.41, 5.74) is 0.184. The van der Waals surface area contributed by atoms with Crippen LogP contribution in [0, 0.1) is 11.7 Å². The van der Waals surface area contributed by atoms with Crippen LogP contribution in [0.1, 0.15) is 30.1 Å². The number of likely N-dealkylation sites (tertiary alicyclic amines) is 1. The molecule has 1 aliphatic heterocycles. The number of halogens is 3. The van der Waals surface area contributed by atoms with E-state index >= 15 is 0 Å². The van der Waals surface area contributed by atoms with Crippen LogP contribution in [0.4, 0.5) is 4.39 Å². The first-order valence-electron chi connectivity index (χ1n) is 7.17. The van der Waals surface area contributed by atoms with Crippen molar-refractivity contribution in [1.29, 1.82) is 0 Å². The van der Waals surface area contributed by atoms with Crippen LogP contribution in [-0.2, 0) is 0 Å². The SMILES string of the molecule is CCNCC1CCN(C(=O)c2cc(F)c(Cl)cc2Cl)CC1. The van der Waals surface area contributed by atoms with E-state index in [1.54, 1.807) is 4.90 Å². The predicted octanol–water partition coefficient (Wildman–Crippen LogP) is 3.59. The Morgan fingerprint density at radius 3 is 2.62 bits per heavy atom. The number of hydrogen-bond acceptors (Lipinski definition) is 2. The van der Waals surface area contributed by atoms with E-state index in [9.17, 15) is 9.18 Å². The number of carbonyl (C=O) groups is 1. The fraction of sp³-hybridized carbons (Fsp3) is 0.533. The highest BCUT2D eigenvalue weighted by molar-refractivity contribution is 6.36. The summed E-state index contributed by atoms with van der Waals surface area (Å²) < 4.78 is 13.5. The Morgan fingerprint density at radius 1 is 1.33 bits per heavy atom. The molecule has 2 rings (SSSR count). The fourth-order valence-electron chi connectivity index (χ4n) is 2.55. The minimum Gasteiger partial charge on any atom is -0.339 e. The number of amides is 1. The average Bonchev–Trinajstić information content (AvgIpc) is 2.48. The van der Waals surface area contributed by atoms with Gasteiger partial charge in [-0.2, -0.15) is 0 Å². The van der Waals surface area contributed by atoms with Gasteiger partial charge in [-0.25, -0.2) is 4.39 Å². The Kier molecular flexibility index (Phi) is 5.85. The van der Waals surface area contributed by atoms with Gasteiger partial charge in [-0.3, -0.25) is 4.79 Å². The Balaban J connectivity index is 2.00. The van der Waals surface area contributed by atoms with E-state index in [0.29, 0.717) is 19.0 Å². The number of hydrogen-bond donors (Lipinski definition) is 1. The number of benzene rings is 1. The van der Waals surface area contributed by atoms with Crippen LogP contribution >= 0.6 is 23.2 Å². The maximum Gasteiger partial charge on any atom is 0.255 e. The molecule has 1 heterocycles. The number of piperidine rings is 1. The summed E-state index contributed by atoms with van der Waals surface area (Å²) in [5, 5.41) is 3.45. The molecule has 3 nitrogen and oxygen atoms in total. The Bertz CT molecular complexity index is 517. The third-order valence-corrected chi connectivity index (χ3v) is 4.43. The molecule has 0 aliphatic carbocycles. The molecular formula is C15H19Cl2FN2O. The standard InChI is InChI=1S/C15H19Cl2FN2O/c1-2-19-9-10-3-5-20(6-4-10)15(21)11-7-14(18)13(17)8-12(11)16/h7-8,10,19H,2-6,9H2,1H3. The summed E-state index contributed by atoms with van der Waals surface area (Å²) in [7, 11) is 0. The highest BCUT2D eigenvalue weighted by Gasteiger charge is 2.25. The zero-order valence-corrected chi connectivity index (χ0v) is 13.5. The van der Waals surface area contributed by atoms with Crippen molar-refractivity contribution in [3.05, 3.63) is 33.6 Å². The molecule has 0 radical (unpaired) electrons. The van der Waals surface area contributed by atoms with E-state index in [2.05, 4.69) is 12.2 Å². The van der Waals surface area contributed by atoms with Crippen molar-refractivity contribution < 1.29 is 9.18 Å². The van der Waals surface area contributed by atoms with Crippen molar-refractivity contribution in [3.8, 4) is 0 Å². The summed E-state index contributed by atoms with van der Waals surface area (Å²) in [6.07, 6.45) is 1.90. The van der Waals surface area contributed by atoms with Crippen LogP contribution in [0.15, 0.2) is 12.1 Å². The van der Waals surface area contributed by atoms with Crippen LogP contribution in [0.25, 0.3) is 0 Å². The number of rotatable bonds is 4. The first-order chi connectivity index (χ1) is 10.0. The van der Waals surface area contributed by atoms with Crippen molar-refractivity contribution in [2.45, 2.75) is 19.8 Å².